The van der Waals surface area contributed by atoms with E-state index in [2.05, 4.69) is 45.0 Å². The molecule has 2 amide bonds. The van der Waals surface area contributed by atoms with Crippen LogP contribution in [0.3, 0.4) is 0 Å². The lowest BCUT2D eigenvalue weighted by molar-refractivity contribution is -0.133. The van der Waals surface area contributed by atoms with E-state index in [1.54, 1.807) is 4.68 Å². The Labute approximate surface area is 156 Å². The number of carbonyl (C=O) groups is 2. The Morgan fingerprint density at radius 1 is 1.35 bits per heavy atom. The van der Waals surface area contributed by atoms with Gasteiger partial charge in [0.25, 0.3) is 0 Å². The van der Waals surface area contributed by atoms with Gasteiger partial charge in [0.2, 0.25) is 11.8 Å². The minimum Gasteiger partial charge on any atom is -0.355 e. The van der Waals surface area contributed by atoms with Crippen molar-refractivity contribution in [1.29, 1.82) is 0 Å². The van der Waals surface area contributed by atoms with E-state index in [1.165, 1.54) is 0 Å². The van der Waals surface area contributed by atoms with Gasteiger partial charge in [-0.2, -0.15) is 5.10 Å². The van der Waals surface area contributed by atoms with Crippen LogP contribution >= 0.6 is 0 Å². The monoisotopic (exact) mass is 360 g/mol. The molecule has 1 aliphatic heterocycles. The van der Waals surface area contributed by atoms with E-state index in [4.69, 9.17) is 0 Å². The van der Waals surface area contributed by atoms with Crippen LogP contribution < -0.4 is 5.32 Å². The van der Waals surface area contributed by atoms with Gasteiger partial charge < -0.3 is 10.2 Å². The Bertz CT molecular complexity index is 693. The highest BCUT2D eigenvalue weighted by Crippen LogP contribution is 2.45. The van der Waals surface area contributed by atoms with E-state index in [0.29, 0.717) is 13.0 Å². The summed E-state index contributed by atoms with van der Waals surface area (Å²) in [6.07, 6.45) is 6.18. The smallest absolute Gasteiger partial charge is 0.223 e. The first-order valence-corrected chi connectivity index (χ1v) is 9.56. The van der Waals surface area contributed by atoms with Gasteiger partial charge in [0.1, 0.15) is 0 Å². The largest absolute Gasteiger partial charge is 0.355 e. The Balaban J connectivity index is 1.73. The number of hydrogen-bond acceptors (Lipinski definition) is 3. The zero-order valence-corrected chi connectivity index (χ0v) is 16.9. The molecule has 2 heterocycles. The zero-order chi connectivity index (χ0) is 19.3. The van der Waals surface area contributed by atoms with Crippen molar-refractivity contribution in [2.75, 3.05) is 6.54 Å². The summed E-state index contributed by atoms with van der Waals surface area (Å²) in [6, 6.07) is -0.0469. The predicted molar refractivity (Wildman–Crippen MR) is 100 cm³/mol. The summed E-state index contributed by atoms with van der Waals surface area (Å²) in [7, 11) is 1.89. The molecule has 0 aromatic carbocycles. The lowest BCUT2D eigenvalue weighted by atomic mass is 9.64. The normalized spacial score (nSPS) is 26.1. The van der Waals surface area contributed by atoms with Crippen molar-refractivity contribution in [2.24, 2.45) is 24.3 Å². The van der Waals surface area contributed by atoms with Gasteiger partial charge in [-0.05, 0) is 39.0 Å². The third-order valence-corrected chi connectivity index (χ3v) is 5.73. The van der Waals surface area contributed by atoms with Crippen LogP contribution in [-0.2, 0) is 16.6 Å². The topological polar surface area (TPSA) is 67.2 Å². The number of hydrogen-bond donors (Lipinski definition) is 1. The van der Waals surface area contributed by atoms with E-state index < -0.39 is 0 Å². The van der Waals surface area contributed by atoms with E-state index in [9.17, 15) is 9.59 Å². The SMILES string of the molecule is Cn1cc([C@@H]2[C@@H](CNC(=O)C3CC(C)(C)C3)CC(=O)N2C(C)(C)C)cn1. The molecule has 1 aromatic rings. The molecule has 3 rings (SSSR count). The van der Waals surface area contributed by atoms with Gasteiger partial charge in [0, 0.05) is 49.1 Å². The first kappa shape index (κ1) is 18.9. The summed E-state index contributed by atoms with van der Waals surface area (Å²) in [5.74, 6) is 0.479. The van der Waals surface area contributed by atoms with Crippen LogP contribution in [0.2, 0.25) is 0 Å². The molecule has 26 heavy (non-hydrogen) atoms. The molecular formula is C20H32N4O2. The number of aryl methyl sites for hydroxylation is 1. The van der Waals surface area contributed by atoms with Crippen LogP contribution in [0.4, 0.5) is 0 Å². The third-order valence-electron chi connectivity index (χ3n) is 5.73. The lowest BCUT2D eigenvalue weighted by Crippen LogP contribution is -2.46. The Hall–Kier alpha value is -1.85. The standard InChI is InChI=1S/C20H32N4O2/c1-19(2,3)24-16(25)7-13(17(24)15-11-22-23(6)12-15)10-21-18(26)14-8-20(4,5)9-14/h11-14,17H,7-10H2,1-6H3,(H,21,26)/t13-,17+/m1/s1. The summed E-state index contributed by atoms with van der Waals surface area (Å²) in [4.78, 5) is 27.2. The molecule has 6 heteroatoms. The first-order valence-electron chi connectivity index (χ1n) is 9.56. The average molecular weight is 361 g/mol. The molecule has 2 aliphatic rings. The number of amides is 2. The van der Waals surface area contributed by atoms with E-state index in [0.717, 1.165) is 18.4 Å². The van der Waals surface area contributed by atoms with Gasteiger partial charge in [-0.25, -0.2) is 0 Å². The summed E-state index contributed by atoms with van der Waals surface area (Å²) in [5, 5.41) is 7.41. The highest BCUT2D eigenvalue weighted by Gasteiger charge is 2.46. The Morgan fingerprint density at radius 2 is 2.00 bits per heavy atom. The highest BCUT2D eigenvalue weighted by atomic mass is 16.2. The molecule has 6 nitrogen and oxygen atoms in total. The molecule has 0 spiro atoms. The van der Waals surface area contributed by atoms with Crippen LogP contribution in [0.5, 0.6) is 0 Å². The van der Waals surface area contributed by atoms with Gasteiger partial charge in [-0.15, -0.1) is 0 Å². The Morgan fingerprint density at radius 3 is 2.50 bits per heavy atom. The summed E-state index contributed by atoms with van der Waals surface area (Å²) in [6.45, 7) is 11.1. The maximum Gasteiger partial charge on any atom is 0.223 e. The van der Waals surface area contributed by atoms with Crippen LogP contribution in [0.15, 0.2) is 12.4 Å². The van der Waals surface area contributed by atoms with Gasteiger partial charge >= 0.3 is 0 Å². The van der Waals surface area contributed by atoms with Crippen molar-refractivity contribution in [2.45, 2.75) is 65.5 Å². The molecule has 1 aromatic heterocycles. The Kier molecular flexibility index (Phi) is 4.65. The number of nitrogens with one attached hydrogen (secondary N) is 1. The van der Waals surface area contributed by atoms with E-state index in [1.807, 2.05) is 24.3 Å². The number of aromatic nitrogens is 2. The summed E-state index contributed by atoms with van der Waals surface area (Å²) < 4.78 is 1.77. The minimum atomic E-state index is -0.269. The molecule has 144 valence electrons. The fourth-order valence-electron chi connectivity index (χ4n) is 4.63. The third kappa shape index (κ3) is 3.64. The molecule has 0 bridgehead atoms. The zero-order valence-electron chi connectivity index (χ0n) is 16.9. The second-order valence-electron chi connectivity index (χ2n) is 9.81. The minimum absolute atomic E-state index is 0.0469. The van der Waals surface area contributed by atoms with Crippen molar-refractivity contribution in [3.8, 4) is 0 Å². The van der Waals surface area contributed by atoms with Gasteiger partial charge in [0.05, 0.1) is 12.2 Å². The molecule has 2 atom stereocenters. The fourth-order valence-corrected chi connectivity index (χ4v) is 4.63. The van der Waals surface area contributed by atoms with Crippen molar-refractivity contribution in [1.82, 2.24) is 20.0 Å². The van der Waals surface area contributed by atoms with E-state index >= 15 is 0 Å². The molecule has 0 radical (unpaired) electrons. The maximum atomic E-state index is 12.7. The van der Waals surface area contributed by atoms with Crippen molar-refractivity contribution in [3.05, 3.63) is 18.0 Å². The average Bonchev–Trinajstić information content (AvgIpc) is 3.04. The number of nitrogens with zero attached hydrogens (tertiary/aromatic N) is 3. The van der Waals surface area contributed by atoms with E-state index in [-0.39, 0.29) is 40.6 Å². The molecule has 1 saturated carbocycles. The highest BCUT2D eigenvalue weighted by molar-refractivity contribution is 5.82. The summed E-state index contributed by atoms with van der Waals surface area (Å²) >= 11 is 0. The van der Waals surface area contributed by atoms with Crippen molar-refractivity contribution < 1.29 is 9.59 Å². The van der Waals surface area contributed by atoms with Crippen molar-refractivity contribution in [3.63, 3.8) is 0 Å². The second-order valence-corrected chi connectivity index (χ2v) is 9.81. The number of carbonyl (C=O) groups excluding carboxylic acids is 2. The first-order chi connectivity index (χ1) is 12.0. The maximum absolute atomic E-state index is 12.7. The second kappa shape index (κ2) is 6.39. The molecule has 2 fully saturated rings. The van der Waals surface area contributed by atoms with Gasteiger partial charge in [-0.1, -0.05) is 13.8 Å². The van der Waals surface area contributed by atoms with Crippen LogP contribution in [0.25, 0.3) is 0 Å². The van der Waals surface area contributed by atoms with Crippen LogP contribution in [0.1, 0.15) is 65.5 Å². The number of likely N-dealkylation sites (tertiary alicyclic amines) is 1. The molecule has 1 aliphatic carbocycles. The van der Waals surface area contributed by atoms with Crippen LogP contribution in [0, 0.1) is 17.3 Å². The lowest BCUT2D eigenvalue weighted by Gasteiger charge is -2.42. The van der Waals surface area contributed by atoms with Crippen molar-refractivity contribution >= 4 is 11.8 Å². The molecule has 0 unspecified atom stereocenters. The number of rotatable bonds is 4. The van der Waals surface area contributed by atoms with Gasteiger partial charge in [0.15, 0.2) is 0 Å². The predicted octanol–water partition coefficient (Wildman–Crippen LogP) is 2.66. The molecule has 1 N–H and O–H groups in total. The quantitative estimate of drug-likeness (QED) is 0.898. The van der Waals surface area contributed by atoms with Crippen LogP contribution in [-0.4, -0.2) is 38.6 Å². The van der Waals surface area contributed by atoms with Gasteiger partial charge in [-0.3, -0.25) is 14.3 Å². The summed E-state index contributed by atoms with van der Waals surface area (Å²) in [5.41, 5.74) is 1.05. The fraction of sp³-hybridized carbons (Fsp3) is 0.750. The molecule has 1 saturated heterocycles. The molecular weight excluding hydrogens is 328 g/mol.